The van der Waals surface area contributed by atoms with Gasteiger partial charge in [-0.15, -0.1) is 0 Å². The summed E-state index contributed by atoms with van der Waals surface area (Å²) in [6.45, 7) is 7.39. The summed E-state index contributed by atoms with van der Waals surface area (Å²) < 4.78 is 5.61. The maximum atomic E-state index is 12.4. The highest BCUT2D eigenvalue weighted by Crippen LogP contribution is 2.15. The molecular formula is C16H24N2O2. The van der Waals surface area contributed by atoms with Gasteiger partial charge in [0.05, 0.1) is 6.61 Å². The molecule has 1 aromatic carbocycles. The zero-order valence-electron chi connectivity index (χ0n) is 12.4. The minimum atomic E-state index is 0.110. The van der Waals surface area contributed by atoms with Crippen molar-refractivity contribution in [1.82, 2.24) is 10.2 Å². The van der Waals surface area contributed by atoms with Gasteiger partial charge in [0.15, 0.2) is 0 Å². The first-order chi connectivity index (χ1) is 9.70. The fourth-order valence-electron chi connectivity index (χ4n) is 2.33. The summed E-state index contributed by atoms with van der Waals surface area (Å²) in [6, 6.07) is 7.85. The zero-order chi connectivity index (χ0) is 14.4. The lowest BCUT2D eigenvalue weighted by molar-refractivity contribution is 0.0709. The number of carbonyl (C=O) groups excluding carboxylic acids is 1. The zero-order valence-corrected chi connectivity index (χ0v) is 12.4. The van der Waals surface area contributed by atoms with E-state index in [1.807, 2.05) is 29.2 Å². The number of nitrogens with one attached hydrogen (secondary N) is 1. The number of ether oxygens (including phenoxy) is 1. The summed E-state index contributed by atoms with van der Waals surface area (Å²) in [5.41, 5.74) is 0.738. The monoisotopic (exact) mass is 276 g/mol. The Kier molecular flexibility index (Phi) is 5.41. The lowest BCUT2D eigenvalue weighted by Crippen LogP contribution is -2.51. The van der Waals surface area contributed by atoms with Crippen molar-refractivity contribution < 1.29 is 9.53 Å². The van der Waals surface area contributed by atoms with Crippen LogP contribution in [0.3, 0.4) is 0 Å². The van der Waals surface area contributed by atoms with Gasteiger partial charge in [-0.25, -0.2) is 0 Å². The molecule has 0 aliphatic carbocycles. The number of piperazine rings is 1. The number of amides is 1. The molecule has 1 amide bonds. The molecule has 0 saturated carbocycles. The number of benzene rings is 1. The van der Waals surface area contributed by atoms with E-state index in [4.69, 9.17) is 4.74 Å². The molecule has 0 bridgehead atoms. The van der Waals surface area contributed by atoms with Crippen LogP contribution in [-0.2, 0) is 0 Å². The van der Waals surface area contributed by atoms with Gasteiger partial charge < -0.3 is 15.0 Å². The molecule has 0 spiro atoms. The van der Waals surface area contributed by atoms with Gasteiger partial charge in [-0.1, -0.05) is 13.3 Å². The number of rotatable bonds is 5. The maximum absolute atomic E-state index is 12.4. The van der Waals surface area contributed by atoms with Crippen LogP contribution in [0.15, 0.2) is 24.3 Å². The van der Waals surface area contributed by atoms with Crippen molar-refractivity contribution in [3.05, 3.63) is 29.8 Å². The SMILES string of the molecule is CCCCOc1ccc(C(=O)N2CCNC(C)C2)cc1. The number of nitrogens with zero attached hydrogens (tertiary/aromatic N) is 1. The van der Waals surface area contributed by atoms with Crippen molar-refractivity contribution in [3.8, 4) is 5.75 Å². The third-order valence-electron chi connectivity index (χ3n) is 3.52. The van der Waals surface area contributed by atoms with Crippen LogP contribution in [-0.4, -0.2) is 43.1 Å². The molecule has 1 N–H and O–H groups in total. The predicted octanol–water partition coefficient (Wildman–Crippen LogP) is 2.30. The van der Waals surface area contributed by atoms with E-state index in [1.54, 1.807) is 0 Å². The highest BCUT2D eigenvalue weighted by atomic mass is 16.5. The van der Waals surface area contributed by atoms with Gasteiger partial charge in [0.1, 0.15) is 5.75 Å². The molecule has 1 aromatic rings. The lowest BCUT2D eigenvalue weighted by atomic mass is 10.1. The van der Waals surface area contributed by atoms with Crippen LogP contribution in [0.5, 0.6) is 5.75 Å². The average molecular weight is 276 g/mol. The van der Waals surface area contributed by atoms with Crippen LogP contribution in [0.25, 0.3) is 0 Å². The predicted molar refractivity (Wildman–Crippen MR) is 80.2 cm³/mol. The van der Waals surface area contributed by atoms with Gasteiger partial charge >= 0.3 is 0 Å². The molecule has 2 rings (SSSR count). The Balaban J connectivity index is 1.93. The topological polar surface area (TPSA) is 41.6 Å². The quantitative estimate of drug-likeness (QED) is 0.839. The summed E-state index contributed by atoms with van der Waals surface area (Å²) in [5, 5.41) is 3.34. The first-order valence-electron chi connectivity index (χ1n) is 7.46. The van der Waals surface area contributed by atoms with Gasteiger partial charge in [-0.05, 0) is 37.6 Å². The molecule has 4 nitrogen and oxygen atoms in total. The van der Waals surface area contributed by atoms with Crippen molar-refractivity contribution in [2.45, 2.75) is 32.7 Å². The van der Waals surface area contributed by atoms with Gasteiger partial charge in [-0.3, -0.25) is 4.79 Å². The van der Waals surface area contributed by atoms with Crippen molar-refractivity contribution in [3.63, 3.8) is 0 Å². The Hall–Kier alpha value is -1.55. The lowest BCUT2D eigenvalue weighted by Gasteiger charge is -2.32. The average Bonchev–Trinajstić information content (AvgIpc) is 2.47. The second-order valence-corrected chi connectivity index (χ2v) is 5.33. The molecule has 20 heavy (non-hydrogen) atoms. The molecule has 1 unspecified atom stereocenters. The highest BCUT2D eigenvalue weighted by molar-refractivity contribution is 5.94. The van der Waals surface area contributed by atoms with Gasteiger partial charge in [0, 0.05) is 31.2 Å². The van der Waals surface area contributed by atoms with Crippen LogP contribution >= 0.6 is 0 Å². The van der Waals surface area contributed by atoms with Crippen LogP contribution in [0.2, 0.25) is 0 Å². The third-order valence-corrected chi connectivity index (χ3v) is 3.52. The molecule has 1 aliphatic rings. The molecule has 1 heterocycles. The van der Waals surface area contributed by atoms with Crippen LogP contribution in [0.4, 0.5) is 0 Å². The summed E-state index contributed by atoms with van der Waals surface area (Å²) in [5.74, 6) is 0.946. The fourth-order valence-corrected chi connectivity index (χ4v) is 2.33. The number of hydrogen-bond acceptors (Lipinski definition) is 3. The summed E-state index contributed by atoms with van der Waals surface area (Å²) in [6.07, 6.45) is 2.18. The molecule has 1 atom stereocenters. The first kappa shape index (κ1) is 14.9. The second-order valence-electron chi connectivity index (χ2n) is 5.33. The Morgan fingerprint density at radius 1 is 1.40 bits per heavy atom. The van der Waals surface area contributed by atoms with Crippen molar-refractivity contribution in [2.75, 3.05) is 26.2 Å². The second kappa shape index (κ2) is 7.29. The Morgan fingerprint density at radius 3 is 2.80 bits per heavy atom. The number of carbonyl (C=O) groups is 1. The van der Waals surface area contributed by atoms with Gasteiger partial charge in [0.2, 0.25) is 0 Å². The van der Waals surface area contributed by atoms with Crippen molar-refractivity contribution in [2.24, 2.45) is 0 Å². The fraction of sp³-hybridized carbons (Fsp3) is 0.562. The molecule has 1 fully saturated rings. The number of unbranched alkanes of at least 4 members (excludes halogenated alkanes) is 1. The Morgan fingerprint density at radius 2 is 2.15 bits per heavy atom. The van der Waals surface area contributed by atoms with Crippen LogP contribution < -0.4 is 10.1 Å². The smallest absolute Gasteiger partial charge is 0.253 e. The van der Waals surface area contributed by atoms with Gasteiger partial charge in [-0.2, -0.15) is 0 Å². The molecule has 4 heteroatoms. The summed E-state index contributed by atoms with van der Waals surface area (Å²) in [4.78, 5) is 14.3. The van der Waals surface area contributed by atoms with Crippen molar-refractivity contribution in [1.29, 1.82) is 0 Å². The van der Waals surface area contributed by atoms with E-state index in [-0.39, 0.29) is 5.91 Å². The van der Waals surface area contributed by atoms with E-state index in [0.717, 1.165) is 50.4 Å². The van der Waals surface area contributed by atoms with E-state index < -0.39 is 0 Å². The minimum Gasteiger partial charge on any atom is -0.494 e. The summed E-state index contributed by atoms with van der Waals surface area (Å²) in [7, 11) is 0. The van der Waals surface area contributed by atoms with Crippen molar-refractivity contribution >= 4 is 5.91 Å². The molecule has 1 saturated heterocycles. The molecule has 110 valence electrons. The highest BCUT2D eigenvalue weighted by Gasteiger charge is 2.21. The largest absolute Gasteiger partial charge is 0.494 e. The Labute approximate surface area is 121 Å². The Bertz CT molecular complexity index is 431. The standard InChI is InChI=1S/C16H24N2O2/c1-3-4-11-20-15-7-5-14(6-8-15)16(19)18-10-9-17-13(2)12-18/h5-8,13,17H,3-4,9-12H2,1-2H3. The maximum Gasteiger partial charge on any atom is 0.253 e. The van der Waals surface area contributed by atoms with E-state index >= 15 is 0 Å². The molecular weight excluding hydrogens is 252 g/mol. The van der Waals surface area contributed by atoms with E-state index in [2.05, 4.69) is 19.2 Å². The normalized spacial score (nSPS) is 18.9. The van der Waals surface area contributed by atoms with E-state index in [0.29, 0.717) is 6.04 Å². The van der Waals surface area contributed by atoms with Gasteiger partial charge in [0.25, 0.3) is 5.91 Å². The molecule has 0 radical (unpaired) electrons. The number of hydrogen-bond donors (Lipinski definition) is 1. The first-order valence-corrected chi connectivity index (χ1v) is 7.46. The van der Waals surface area contributed by atoms with Crippen LogP contribution in [0, 0.1) is 0 Å². The molecule has 1 aliphatic heterocycles. The third kappa shape index (κ3) is 3.97. The van der Waals surface area contributed by atoms with E-state index in [1.165, 1.54) is 0 Å². The minimum absolute atomic E-state index is 0.110. The van der Waals surface area contributed by atoms with Crippen LogP contribution in [0.1, 0.15) is 37.0 Å². The molecule has 0 aromatic heterocycles. The summed E-state index contributed by atoms with van der Waals surface area (Å²) >= 11 is 0. The van der Waals surface area contributed by atoms with E-state index in [9.17, 15) is 4.79 Å².